The van der Waals surface area contributed by atoms with E-state index in [-0.39, 0.29) is 28.6 Å². The fourth-order valence-electron chi connectivity index (χ4n) is 5.98. The van der Waals surface area contributed by atoms with Crippen molar-refractivity contribution in [1.82, 2.24) is 0 Å². The van der Waals surface area contributed by atoms with E-state index in [1.807, 2.05) is 0 Å². The lowest BCUT2D eigenvalue weighted by atomic mass is 9.45. The maximum absolute atomic E-state index is 13.6. The molecule has 0 saturated carbocycles. The van der Waals surface area contributed by atoms with E-state index < -0.39 is 19.8 Å². The van der Waals surface area contributed by atoms with Crippen molar-refractivity contribution in [3.05, 3.63) is 82.9 Å². The van der Waals surface area contributed by atoms with Gasteiger partial charge in [0.1, 0.15) is 0 Å². The normalized spacial score (nSPS) is 31.2. The van der Waals surface area contributed by atoms with Crippen LogP contribution in [0.25, 0.3) is 0 Å². The fourth-order valence-corrected chi connectivity index (χ4v) is 7.01. The average Bonchev–Trinajstić information content (AvgIpc) is 3.01. The van der Waals surface area contributed by atoms with E-state index in [1.54, 1.807) is 12.2 Å². The van der Waals surface area contributed by atoms with Crippen molar-refractivity contribution in [3.63, 3.8) is 0 Å². The summed E-state index contributed by atoms with van der Waals surface area (Å²) < 4.78 is 6.75. The number of allylic oxidation sites excluding steroid dienone is 1. The van der Waals surface area contributed by atoms with Crippen LogP contribution in [0.1, 0.15) is 54.9 Å². The standard InChI is InChI=1S/C27H32O3Si/c1-26(2,3)31(4,5)30-16-21-24-17-10-6-8-12-19(17)25(20-13-9-7-11-18(20)24)27(21)22(28)14-15-23(27)29/h6-15,21-22,24-25,28H,16H2,1-5H3/t21-,22+,24?,25?,27+/m0/s1. The minimum Gasteiger partial charge on any atom is -0.416 e. The van der Waals surface area contributed by atoms with E-state index in [1.165, 1.54) is 22.3 Å². The Hall–Kier alpha value is -2.01. The predicted octanol–water partition coefficient (Wildman–Crippen LogP) is 5.40. The second-order valence-electron chi connectivity index (χ2n) is 10.9. The third kappa shape index (κ3) is 2.68. The lowest BCUT2D eigenvalue weighted by Crippen LogP contribution is -2.59. The van der Waals surface area contributed by atoms with Crippen molar-refractivity contribution in [2.24, 2.45) is 11.3 Å². The summed E-state index contributed by atoms with van der Waals surface area (Å²) >= 11 is 0. The van der Waals surface area contributed by atoms with Gasteiger partial charge in [-0.15, -0.1) is 0 Å². The molecular formula is C27H32O3Si. The Morgan fingerprint density at radius 2 is 1.48 bits per heavy atom. The Balaban J connectivity index is 1.71. The van der Waals surface area contributed by atoms with Crippen molar-refractivity contribution >= 4 is 14.1 Å². The number of aliphatic hydroxyl groups is 1. The van der Waals surface area contributed by atoms with Gasteiger partial charge >= 0.3 is 0 Å². The molecule has 6 rings (SSSR count). The summed E-state index contributed by atoms with van der Waals surface area (Å²) in [6.07, 6.45) is 2.51. The van der Waals surface area contributed by atoms with Crippen LogP contribution in [-0.4, -0.2) is 31.9 Å². The summed E-state index contributed by atoms with van der Waals surface area (Å²) in [7, 11) is -2.02. The monoisotopic (exact) mass is 432 g/mol. The van der Waals surface area contributed by atoms with Gasteiger partial charge in [-0.25, -0.2) is 0 Å². The van der Waals surface area contributed by atoms with Gasteiger partial charge in [-0.05, 0) is 46.5 Å². The summed E-state index contributed by atoms with van der Waals surface area (Å²) in [4.78, 5) is 13.6. The molecule has 2 aromatic rings. The Labute approximate surface area is 186 Å². The molecule has 1 spiro atoms. The van der Waals surface area contributed by atoms with Gasteiger partial charge in [0.2, 0.25) is 0 Å². The van der Waals surface area contributed by atoms with Crippen LogP contribution in [0.2, 0.25) is 18.1 Å². The van der Waals surface area contributed by atoms with Crippen LogP contribution >= 0.6 is 0 Å². The van der Waals surface area contributed by atoms with Gasteiger partial charge in [-0.2, -0.15) is 0 Å². The second kappa shape index (κ2) is 6.74. The molecule has 3 nitrogen and oxygen atoms in total. The first kappa shape index (κ1) is 20.9. The maximum Gasteiger partial charge on any atom is 0.191 e. The molecule has 4 aliphatic rings. The zero-order valence-electron chi connectivity index (χ0n) is 19.1. The number of aliphatic hydroxyl groups excluding tert-OH is 1. The molecule has 2 bridgehead atoms. The summed E-state index contributed by atoms with van der Waals surface area (Å²) in [5.41, 5.74) is 4.05. The van der Waals surface area contributed by atoms with Crippen LogP contribution in [0.4, 0.5) is 0 Å². The smallest absolute Gasteiger partial charge is 0.191 e. The van der Waals surface area contributed by atoms with E-state index >= 15 is 0 Å². The second-order valence-corrected chi connectivity index (χ2v) is 15.8. The van der Waals surface area contributed by atoms with Gasteiger partial charge in [0.25, 0.3) is 0 Å². The molecule has 4 heteroatoms. The van der Waals surface area contributed by atoms with E-state index in [0.717, 1.165) is 0 Å². The molecule has 0 radical (unpaired) electrons. The molecule has 0 fully saturated rings. The van der Waals surface area contributed by atoms with Crippen molar-refractivity contribution in [2.45, 2.75) is 56.8 Å². The third-order valence-corrected chi connectivity index (χ3v) is 13.1. The van der Waals surface area contributed by atoms with E-state index in [4.69, 9.17) is 4.43 Å². The van der Waals surface area contributed by atoms with Gasteiger partial charge in [0.05, 0.1) is 11.5 Å². The van der Waals surface area contributed by atoms with Crippen molar-refractivity contribution in [1.29, 1.82) is 0 Å². The van der Waals surface area contributed by atoms with Gasteiger partial charge in [-0.3, -0.25) is 4.79 Å². The van der Waals surface area contributed by atoms with Crippen LogP contribution in [0.15, 0.2) is 60.7 Å². The van der Waals surface area contributed by atoms with Crippen LogP contribution < -0.4 is 0 Å². The third-order valence-electron chi connectivity index (χ3n) is 8.55. The highest BCUT2D eigenvalue weighted by Gasteiger charge is 2.66. The largest absolute Gasteiger partial charge is 0.416 e. The zero-order chi connectivity index (χ0) is 22.2. The Morgan fingerprint density at radius 3 is 1.94 bits per heavy atom. The van der Waals surface area contributed by atoms with Crippen LogP contribution in [0, 0.1) is 11.3 Å². The molecule has 31 heavy (non-hydrogen) atoms. The molecule has 4 aliphatic carbocycles. The van der Waals surface area contributed by atoms with Crippen LogP contribution in [-0.2, 0) is 9.22 Å². The highest BCUT2D eigenvalue weighted by molar-refractivity contribution is 6.74. The molecule has 1 N–H and O–H groups in total. The number of hydrogen-bond donors (Lipinski definition) is 1. The van der Waals surface area contributed by atoms with E-state index in [0.29, 0.717) is 6.61 Å². The zero-order valence-corrected chi connectivity index (χ0v) is 20.1. The molecule has 0 amide bonds. The van der Waals surface area contributed by atoms with Gasteiger partial charge in [0.15, 0.2) is 14.1 Å². The topological polar surface area (TPSA) is 46.5 Å². The maximum atomic E-state index is 13.6. The van der Waals surface area contributed by atoms with Gasteiger partial charge in [-0.1, -0.05) is 75.4 Å². The first-order chi connectivity index (χ1) is 14.6. The summed E-state index contributed by atoms with van der Waals surface area (Å²) in [5, 5.41) is 11.4. The number of carbonyl (C=O) groups is 1. The van der Waals surface area contributed by atoms with Crippen molar-refractivity contribution < 1.29 is 14.3 Å². The average molecular weight is 433 g/mol. The van der Waals surface area contributed by atoms with E-state index in [2.05, 4.69) is 82.4 Å². The number of benzene rings is 2. The van der Waals surface area contributed by atoms with Crippen molar-refractivity contribution in [2.75, 3.05) is 6.61 Å². The molecule has 0 aliphatic heterocycles. The Bertz CT molecular complexity index is 1030. The van der Waals surface area contributed by atoms with Crippen LogP contribution in [0.5, 0.6) is 0 Å². The molecule has 0 heterocycles. The van der Waals surface area contributed by atoms with Crippen LogP contribution in [0.3, 0.4) is 0 Å². The highest BCUT2D eigenvalue weighted by Crippen LogP contribution is 2.67. The molecule has 3 atom stereocenters. The molecule has 0 unspecified atom stereocenters. The lowest BCUT2D eigenvalue weighted by Gasteiger charge is -2.57. The molecule has 0 saturated heterocycles. The first-order valence-electron chi connectivity index (χ1n) is 11.3. The summed E-state index contributed by atoms with van der Waals surface area (Å²) in [5.74, 6) is -0.173. The molecule has 162 valence electrons. The highest BCUT2D eigenvalue weighted by atomic mass is 28.4. The van der Waals surface area contributed by atoms with Crippen molar-refractivity contribution in [3.8, 4) is 0 Å². The number of ketones is 1. The first-order valence-corrected chi connectivity index (χ1v) is 14.2. The Morgan fingerprint density at radius 1 is 0.968 bits per heavy atom. The summed E-state index contributed by atoms with van der Waals surface area (Å²) in [6.45, 7) is 11.7. The lowest BCUT2D eigenvalue weighted by molar-refractivity contribution is -0.137. The number of carbonyl (C=O) groups excluding carboxylic acids is 1. The fraction of sp³-hybridized carbons (Fsp3) is 0.444. The SMILES string of the molecule is CC(C)(C)[Si](C)(C)OC[C@H]1C2c3ccccc3C(c3ccccc32)[C@]12C(=O)C=C[C@H]2O. The Kier molecular flexibility index (Phi) is 4.54. The van der Waals surface area contributed by atoms with E-state index in [9.17, 15) is 9.90 Å². The minimum absolute atomic E-state index is 0.0423. The molecule has 2 aromatic carbocycles. The molecule has 0 aromatic heterocycles. The van der Waals surface area contributed by atoms with Gasteiger partial charge in [0, 0.05) is 24.4 Å². The molecular weight excluding hydrogens is 400 g/mol. The summed E-state index contributed by atoms with van der Waals surface area (Å²) in [6, 6.07) is 17.0. The predicted molar refractivity (Wildman–Crippen MR) is 126 cm³/mol. The number of hydrogen-bond acceptors (Lipinski definition) is 3. The quantitative estimate of drug-likeness (QED) is 0.661. The minimum atomic E-state index is -2.02. The van der Waals surface area contributed by atoms with Gasteiger partial charge < -0.3 is 9.53 Å². The number of rotatable bonds is 3.